The number of benzene rings is 1. The lowest BCUT2D eigenvalue weighted by Gasteiger charge is -1.99. The highest BCUT2D eigenvalue weighted by atomic mass is 19.1. The summed E-state index contributed by atoms with van der Waals surface area (Å²) in [7, 11) is 1.77. The van der Waals surface area contributed by atoms with Gasteiger partial charge in [0.25, 0.3) is 0 Å². The highest BCUT2D eigenvalue weighted by molar-refractivity contribution is 5.51. The van der Waals surface area contributed by atoms with Crippen LogP contribution in [-0.2, 0) is 0 Å². The summed E-state index contributed by atoms with van der Waals surface area (Å²) in [5.74, 6) is -2.83. The van der Waals surface area contributed by atoms with Gasteiger partial charge in [0.1, 0.15) is 0 Å². The molecule has 1 rings (SSSR count). The van der Waals surface area contributed by atoms with Crippen molar-refractivity contribution in [1.82, 2.24) is 5.32 Å². The molecule has 0 unspecified atom stereocenters. The zero-order valence-corrected chi connectivity index (χ0v) is 7.72. The van der Waals surface area contributed by atoms with Crippen LogP contribution in [0.1, 0.15) is 5.56 Å². The number of aromatic hydroxyl groups is 1. The zero-order chi connectivity index (χ0) is 10.6. The first-order valence-electron chi connectivity index (χ1n) is 4.14. The van der Waals surface area contributed by atoms with E-state index in [9.17, 15) is 8.78 Å². The summed E-state index contributed by atoms with van der Waals surface area (Å²) < 4.78 is 25.6. The Morgan fingerprint density at radius 1 is 1.36 bits per heavy atom. The van der Waals surface area contributed by atoms with Crippen molar-refractivity contribution in [3.05, 3.63) is 35.4 Å². The van der Waals surface area contributed by atoms with Gasteiger partial charge in [-0.1, -0.05) is 12.2 Å². The standard InChI is InChI=1S/C10H11F2NO/c1-13-4-2-3-7-5-8(11)10(14)9(12)6-7/h2-3,5-6,13-14H,4H2,1H3. The summed E-state index contributed by atoms with van der Waals surface area (Å²) in [6.45, 7) is 0.615. The molecule has 0 aliphatic carbocycles. The SMILES string of the molecule is CNCC=Cc1cc(F)c(O)c(F)c1. The van der Waals surface area contributed by atoms with E-state index in [-0.39, 0.29) is 0 Å². The second-order valence-corrected chi connectivity index (χ2v) is 2.79. The quantitative estimate of drug-likeness (QED) is 0.779. The monoisotopic (exact) mass is 199 g/mol. The number of likely N-dealkylation sites (N-methyl/N-ethyl adjacent to an activating group) is 1. The van der Waals surface area contributed by atoms with Gasteiger partial charge in [-0.05, 0) is 24.7 Å². The van der Waals surface area contributed by atoms with Crippen molar-refractivity contribution in [3.63, 3.8) is 0 Å². The number of rotatable bonds is 3. The molecule has 4 heteroatoms. The summed E-state index contributed by atoms with van der Waals surface area (Å²) >= 11 is 0. The molecule has 0 bridgehead atoms. The van der Waals surface area contributed by atoms with Gasteiger partial charge in [0.15, 0.2) is 17.4 Å². The van der Waals surface area contributed by atoms with E-state index in [4.69, 9.17) is 5.11 Å². The Hall–Kier alpha value is -1.42. The average molecular weight is 199 g/mol. The molecule has 14 heavy (non-hydrogen) atoms. The molecule has 1 aromatic rings. The van der Waals surface area contributed by atoms with Gasteiger partial charge in [-0.3, -0.25) is 0 Å². The van der Waals surface area contributed by atoms with E-state index >= 15 is 0 Å². The molecule has 0 radical (unpaired) electrons. The minimum Gasteiger partial charge on any atom is -0.503 e. The molecule has 0 saturated heterocycles. The summed E-state index contributed by atoms with van der Waals surface area (Å²) in [5, 5.41) is 11.7. The molecule has 0 aliphatic heterocycles. The third kappa shape index (κ3) is 2.53. The van der Waals surface area contributed by atoms with Crippen LogP contribution in [0.25, 0.3) is 6.08 Å². The number of halogens is 2. The summed E-state index contributed by atoms with van der Waals surface area (Å²) in [6.07, 6.45) is 3.30. The van der Waals surface area contributed by atoms with Crippen LogP contribution in [0.5, 0.6) is 5.75 Å². The van der Waals surface area contributed by atoms with Crippen LogP contribution in [0, 0.1) is 11.6 Å². The van der Waals surface area contributed by atoms with Gasteiger partial charge in [-0.2, -0.15) is 0 Å². The highest BCUT2D eigenvalue weighted by Crippen LogP contribution is 2.21. The van der Waals surface area contributed by atoms with Crippen LogP contribution < -0.4 is 5.32 Å². The maximum Gasteiger partial charge on any atom is 0.187 e. The molecule has 2 N–H and O–H groups in total. The molecule has 0 aliphatic rings. The summed E-state index contributed by atoms with van der Waals surface area (Å²) in [6, 6.07) is 2.15. The second kappa shape index (κ2) is 4.72. The predicted octanol–water partition coefficient (Wildman–Crippen LogP) is 1.90. The molecule has 76 valence electrons. The first-order chi connectivity index (χ1) is 6.65. The first kappa shape index (κ1) is 10.7. The van der Waals surface area contributed by atoms with E-state index in [0.717, 1.165) is 12.1 Å². The van der Waals surface area contributed by atoms with E-state index in [1.165, 1.54) is 0 Å². The normalized spacial score (nSPS) is 11.1. The van der Waals surface area contributed by atoms with E-state index < -0.39 is 17.4 Å². The maximum atomic E-state index is 12.8. The van der Waals surface area contributed by atoms with Crippen molar-refractivity contribution < 1.29 is 13.9 Å². The van der Waals surface area contributed by atoms with Gasteiger partial charge in [-0.15, -0.1) is 0 Å². The van der Waals surface area contributed by atoms with Crippen molar-refractivity contribution >= 4 is 6.08 Å². The Bertz CT molecular complexity index is 327. The van der Waals surface area contributed by atoms with Gasteiger partial charge < -0.3 is 10.4 Å². The third-order valence-electron chi connectivity index (χ3n) is 1.67. The number of nitrogens with one attached hydrogen (secondary N) is 1. The summed E-state index contributed by atoms with van der Waals surface area (Å²) in [5.41, 5.74) is 0.382. The lowest BCUT2D eigenvalue weighted by molar-refractivity contribution is 0.396. The van der Waals surface area contributed by atoms with E-state index in [0.29, 0.717) is 12.1 Å². The molecule has 1 aromatic carbocycles. The molecule has 0 amide bonds. The van der Waals surface area contributed by atoms with Gasteiger partial charge >= 0.3 is 0 Å². The fourth-order valence-electron chi connectivity index (χ4n) is 0.994. The van der Waals surface area contributed by atoms with Gasteiger partial charge in [-0.25, -0.2) is 8.78 Å². The lowest BCUT2D eigenvalue weighted by atomic mass is 10.2. The van der Waals surface area contributed by atoms with Crippen molar-refractivity contribution in [2.24, 2.45) is 0 Å². The largest absolute Gasteiger partial charge is 0.503 e. The Labute approximate surface area is 80.9 Å². The Kier molecular flexibility index (Phi) is 3.59. The minimum absolute atomic E-state index is 0.382. The highest BCUT2D eigenvalue weighted by Gasteiger charge is 2.07. The molecule has 0 saturated carbocycles. The topological polar surface area (TPSA) is 32.3 Å². The molecule has 0 heterocycles. The van der Waals surface area contributed by atoms with Crippen LogP contribution in [0.15, 0.2) is 18.2 Å². The smallest absolute Gasteiger partial charge is 0.187 e. The number of phenolic OH excluding ortho intramolecular Hbond substituents is 1. The molecule has 0 aromatic heterocycles. The van der Waals surface area contributed by atoms with Gasteiger partial charge in [0.2, 0.25) is 0 Å². The van der Waals surface area contributed by atoms with Crippen LogP contribution >= 0.6 is 0 Å². The van der Waals surface area contributed by atoms with Crippen molar-refractivity contribution in [1.29, 1.82) is 0 Å². The molecular weight excluding hydrogens is 188 g/mol. The van der Waals surface area contributed by atoms with Crippen LogP contribution in [0.2, 0.25) is 0 Å². The van der Waals surface area contributed by atoms with Gasteiger partial charge in [0.05, 0.1) is 0 Å². The fraction of sp³-hybridized carbons (Fsp3) is 0.200. The second-order valence-electron chi connectivity index (χ2n) is 2.79. The fourth-order valence-corrected chi connectivity index (χ4v) is 0.994. The zero-order valence-electron chi connectivity index (χ0n) is 7.72. The predicted molar refractivity (Wildman–Crippen MR) is 51.0 cm³/mol. The van der Waals surface area contributed by atoms with E-state index in [1.807, 2.05) is 0 Å². The minimum atomic E-state index is -0.950. The average Bonchev–Trinajstić information content (AvgIpc) is 2.14. The van der Waals surface area contributed by atoms with Crippen molar-refractivity contribution in [2.45, 2.75) is 0 Å². The molecule has 0 fully saturated rings. The van der Waals surface area contributed by atoms with Crippen molar-refractivity contribution in [3.8, 4) is 5.75 Å². The number of phenols is 1. The van der Waals surface area contributed by atoms with Crippen molar-refractivity contribution in [2.75, 3.05) is 13.6 Å². The first-order valence-corrected chi connectivity index (χ1v) is 4.14. The Morgan fingerprint density at radius 2 is 1.93 bits per heavy atom. The Balaban J connectivity index is 2.89. The number of hydrogen-bond acceptors (Lipinski definition) is 2. The lowest BCUT2D eigenvalue weighted by Crippen LogP contribution is -2.03. The van der Waals surface area contributed by atoms with E-state index in [1.54, 1.807) is 19.2 Å². The maximum absolute atomic E-state index is 12.8. The number of hydrogen-bond donors (Lipinski definition) is 2. The molecule has 0 atom stereocenters. The third-order valence-corrected chi connectivity index (χ3v) is 1.67. The molecular formula is C10H11F2NO. The van der Waals surface area contributed by atoms with Crippen LogP contribution in [-0.4, -0.2) is 18.7 Å². The van der Waals surface area contributed by atoms with Crippen LogP contribution in [0.3, 0.4) is 0 Å². The molecule has 0 spiro atoms. The van der Waals surface area contributed by atoms with E-state index in [2.05, 4.69) is 5.32 Å². The summed E-state index contributed by atoms with van der Waals surface area (Å²) in [4.78, 5) is 0. The molecule has 2 nitrogen and oxygen atoms in total. The Morgan fingerprint density at radius 3 is 2.43 bits per heavy atom. The van der Waals surface area contributed by atoms with Gasteiger partial charge in [0, 0.05) is 6.54 Å². The van der Waals surface area contributed by atoms with Crippen LogP contribution in [0.4, 0.5) is 8.78 Å².